The highest BCUT2D eigenvalue weighted by molar-refractivity contribution is 9.10. The Morgan fingerprint density at radius 1 is 1.39 bits per heavy atom. The fourth-order valence-corrected chi connectivity index (χ4v) is 3.44. The first kappa shape index (κ1) is 13.3. The van der Waals surface area contributed by atoms with E-state index < -0.39 is 5.54 Å². The van der Waals surface area contributed by atoms with Crippen molar-refractivity contribution >= 4 is 22.0 Å². The van der Waals surface area contributed by atoms with E-state index >= 15 is 0 Å². The Hall–Kier alpha value is -1.12. The number of isocyanates is 1. The van der Waals surface area contributed by atoms with Crippen molar-refractivity contribution in [3.8, 4) is 5.75 Å². The van der Waals surface area contributed by atoms with Crippen LogP contribution in [0.4, 0.5) is 0 Å². The second-order valence-corrected chi connectivity index (χ2v) is 5.82. The lowest BCUT2D eigenvalue weighted by atomic mass is 9.83. The second kappa shape index (κ2) is 4.87. The fourth-order valence-electron chi connectivity index (χ4n) is 2.90. The molecule has 0 aromatic heterocycles. The largest absolute Gasteiger partial charge is 0.506 e. The van der Waals surface area contributed by atoms with Gasteiger partial charge in [0.1, 0.15) is 11.3 Å². The number of nitrogens with zero attached hydrogens (tertiary/aromatic N) is 1. The van der Waals surface area contributed by atoms with Crippen molar-refractivity contribution in [3.63, 3.8) is 0 Å². The van der Waals surface area contributed by atoms with E-state index in [2.05, 4.69) is 20.9 Å². The Morgan fingerprint density at radius 3 is 2.56 bits per heavy atom. The molecule has 1 aliphatic rings. The van der Waals surface area contributed by atoms with Crippen LogP contribution in [0.5, 0.6) is 5.75 Å². The Labute approximate surface area is 115 Å². The maximum Gasteiger partial charge on any atom is 0.235 e. The molecule has 18 heavy (non-hydrogen) atoms. The van der Waals surface area contributed by atoms with E-state index in [1.807, 2.05) is 19.9 Å². The zero-order valence-corrected chi connectivity index (χ0v) is 12.2. The monoisotopic (exact) mass is 309 g/mol. The van der Waals surface area contributed by atoms with Gasteiger partial charge in [-0.1, -0.05) is 12.8 Å². The smallest absolute Gasteiger partial charge is 0.235 e. The molecule has 0 bridgehead atoms. The van der Waals surface area contributed by atoms with Gasteiger partial charge in [-0.3, -0.25) is 0 Å². The summed E-state index contributed by atoms with van der Waals surface area (Å²) >= 11 is 3.36. The highest BCUT2D eigenvalue weighted by atomic mass is 79.9. The van der Waals surface area contributed by atoms with E-state index in [-0.39, 0.29) is 5.75 Å². The van der Waals surface area contributed by atoms with Gasteiger partial charge in [0.05, 0.1) is 4.47 Å². The van der Waals surface area contributed by atoms with Crippen molar-refractivity contribution in [2.24, 2.45) is 4.99 Å². The molecule has 1 N–H and O–H groups in total. The number of aliphatic imine (C=N–C) groups is 1. The molecule has 1 aromatic rings. The molecular weight excluding hydrogens is 294 g/mol. The molecule has 0 aliphatic heterocycles. The van der Waals surface area contributed by atoms with Gasteiger partial charge in [-0.2, -0.15) is 4.99 Å². The first-order valence-corrected chi connectivity index (χ1v) is 6.89. The summed E-state index contributed by atoms with van der Waals surface area (Å²) in [5.41, 5.74) is 2.30. The molecule has 1 aromatic carbocycles. The van der Waals surface area contributed by atoms with Gasteiger partial charge in [0, 0.05) is 5.56 Å². The number of carbonyl (C=O) groups excluding carboxylic acids is 1. The van der Waals surface area contributed by atoms with Crippen LogP contribution in [0, 0.1) is 13.8 Å². The van der Waals surface area contributed by atoms with Crippen molar-refractivity contribution < 1.29 is 9.90 Å². The van der Waals surface area contributed by atoms with E-state index in [4.69, 9.17) is 0 Å². The number of phenolic OH excluding ortho intramolecular Hbond substituents is 1. The Kier molecular flexibility index (Phi) is 3.60. The topological polar surface area (TPSA) is 49.7 Å². The first-order chi connectivity index (χ1) is 8.52. The number of halogens is 1. The Balaban J connectivity index is 2.72. The summed E-state index contributed by atoms with van der Waals surface area (Å²) in [6.45, 7) is 3.97. The van der Waals surface area contributed by atoms with Gasteiger partial charge in [0.15, 0.2) is 0 Å². The van der Waals surface area contributed by atoms with Crippen LogP contribution in [0.1, 0.15) is 42.4 Å². The fraction of sp³-hybridized carbons (Fsp3) is 0.500. The van der Waals surface area contributed by atoms with Crippen molar-refractivity contribution in [2.75, 3.05) is 0 Å². The molecular formula is C14H16BrNO2. The molecule has 0 atom stereocenters. The van der Waals surface area contributed by atoms with Gasteiger partial charge in [0.2, 0.25) is 6.08 Å². The van der Waals surface area contributed by atoms with E-state index in [9.17, 15) is 9.90 Å². The van der Waals surface area contributed by atoms with Crippen LogP contribution in [0.25, 0.3) is 0 Å². The highest BCUT2D eigenvalue weighted by Crippen LogP contribution is 2.49. The molecule has 2 rings (SSSR count). The van der Waals surface area contributed by atoms with Gasteiger partial charge in [-0.05, 0) is 59.8 Å². The van der Waals surface area contributed by atoms with Crippen LogP contribution in [-0.4, -0.2) is 11.2 Å². The van der Waals surface area contributed by atoms with E-state index in [1.54, 1.807) is 6.08 Å². The number of aryl methyl sites for hydroxylation is 1. The molecule has 0 spiro atoms. The third kappa shape index (κ3) is 2.00. The normalized spacial score (nSPS) is 17.5. The number of rotatable bonds is 2. The number of hydrogen-bond acceptors (Lipinski definition) is 3. The molecule has 1 aliphatic carbocycles. The van der Waals surface area contributed by atoms with Crippen molar-refractivity contribution in [3.05, 3.63) is 27.2 Å². The molecule has 4 heteroatoms. The summed E-state index contributed by atoms with van der Waals surface area (Å²) in [4.78, 5) is 14.8. The molecule has 0 unspecified atom stereocenters. The van der Waals surface area contributed by atoms with Gasteiger partial charge in [-0.25, -0.2) is 4.79 Å². The molecule has 96 valence electrons. The number of phenols is 1. The summed E-state index contributed by atoms with van der Waals surface area (Å²) in [5.74, 6) is 0.207. The molecule has 0 amide bonds. The van der Waals surface area contributed by atoms with Gasteiger partial charge < -0.3 is 5.11 Å². The third-order valence-corrected chi connectivity index (χ3v) is 4.53. The van der Waals surface area contributed by atoms with E-state index in [0.29, 0.717) is 4.47 Å². The molecule has 3 nitrogen and oxygen atoms in total. The summed E-state index contributed by atoms with van der Waals surface area (Å²) in [6, 6.07) is 1.89. The van der Waals surface area contributed by atoms with Crippen LogP contribution in [0.15, 0.2) is 15.5 Å². The minimum absolute atomic E-state index is 0.207. The SMILES string of the molecule is Cc1cc(Br)c(O)c(C2(N=C=O)CCCC2)c1C. The zero-order valence-electron chi connectivity index (χ0n) is 10.6. The summed E-state index contributed by atoms with van der Waals surface area (Å²) < 4.78 is 0.660. The number of aromatic hydroxyl groups is 1. The van der Waals surface area contributed by atoms with Gasteiger partial charge in [-0.15, -0.1) is 0 Å². The van der Waals surface area contributed by atoms with Crippen LogP contribution < -0.4 is 0 Å². The van der Waals surface area contributed by atoms with Gasteiger partial charge >= 0.3 is 0 Å². The lowest BCUT2D eigenvalue weighted by molar-refractivity contribution is 0.404. The average Bonchev–Trinajstić information content (AvgIpc) is 2.77. The lowest BCUT2D eigenvalue weighted by Crippen LogP contribution is -2.21. The molecule has 0 radical (unpaired) electrons. The zero-order chi connectivity index (χ0) is 13.3. The number of benzene rings is 1. The van der Waals surface area contributed by atoms with Gasteiger partial charge in [0.25, 0.3) is 0 Å². The highest BCUT2D eigenvalue weighted by Gasteiger charge is 2.39. The third-order valence-electron chi connectivity index (χ3n) is 3.93. The molecule has 1 fully saturated rings. The van der Waals surface area contributed by atoms with Crippen LogP contribution in [0.3, 0.4) is 0 Å². The Morgan fingerprint density at radius 2 is 2.00 bits per heavy atom. The first-order valence-electron chi connectivity index (χ1n) is 6.10. The van der Waals surface area contributed by atoms with E-state index in [1.165, 1.54) is 0 Å². The minimum atomic E-state index is -0.579. The Bertz CT molecular complexity index is 501. The number of hydrogen-bond donors (Lipinski definition) is 1. The summed E-state index contributed by atoms with van der Waals surface area (Å²) in [7, 11) is 0. The average molecular weight is 310 g/mol. The van der Waals surface area contributed by atoms with Crippen molar-refractivity contribution in [1.82, 2.24) is 0 Å². The van der Waals surface area contributed by atoms with E-state index in [0.717, 1.165) is 42.4 Å². The predicted octanol–water partition coefficient (Wildman–Crippen LogP) is 3.88. The van der Waals surface area contributed by atoms with Crippen LogP contribution in [0.2, 0.25) is 0 Å². The minimum Gasteiger partial charge on any atom is -0.506 e. The maximum absolute atomic E-state index is 10.7. The molecule has 0 heterocycles. The van der Waals surface area contributed by atoms with Crippen LogP contribution in [-0.2, 0) is 10.3 Å². The maximum atomic E-state index is 10.7. The molecule has 0 saturated heterocycles. The summed E-state index contributed by atoms with van der Waals surface area (Å²) in [6.07, 6.45) is 5.33. The predicted molar refractivity (Wildman–Crippen MR) is 73.5 cm³/mol. The quantitative estimate of drug-likeness (QED) is 0.666. The second-order valence-electron chi connectivity index (χ2n) is 4.97. The van der Waals surface area contributed by atoms with Crippen molar-refractivity contribution in [2.45, 2.75) is 45.1 Å². The van der Waals surface area contributed by atoms with Crippen LogP contribution >= 0.6 is 15.9 Å². The summed E-state index contributed by atoms with van der Waals surface area (Å²) in [5, 5.41) is 10.3. The van der Waals surface area contributed by atoms with Crippen molar-refractivity contribution in [1.29, 1.82) is 0 Å². The molecule has 1 saturated carbocycles. The lowest BCUT2D eigenvalue weighted by Gasteiger charge is -2.27. The standard InChI is InChI=1S/C14H16BrNO2/c1-9-7-11(15)13(18)12(10(9)2)14(16-8-17)5-3-4-6-14/h7,18H,3-6H2,1-2H3.